The van der Waals surface area contributed by atoms with Crippen LogP contribution in [-0.4, -0.2) is 36.2 Å². The van der Waals surface area contributed by atoms with E-state index in [1.165, 1.54) is 5.56 Å². The molecule has 1 heterocycles. The number of aliphatic carboxylic acids is 1. The Morgan fingerprint density at radius 2 is 2.33 bits per heavy atom. The van der Waals surface area contributed by atoms with Crippen LogP contribution in [0.25, 0.3) is 0 Å². The number of hydrogen-bond acceptors (Lipinski definition) is 3. The van der Waals surface area contributed by atoms with Crippen molar-refractivity contribution >= 4 is 21.9 Å². The van der Waals surface area contributed by atoms with Crippen molar-refractivity contribution in [2.45, 2.75) is 32.2 Å². The summed E-state index contributed by atoms with van der Waals surface area (Å²) in [5, 5.41) is 8.81. The maximum absolute atomic E-state index is 10.7. The van der Waals surface area contributed by atoms with Crippen LogP contribution in [-0.2, 0) is 11.3 Å². The molecule has 0 aliphatic carbocycles. The summed E-state index contributed by atoms with van der Waals surface area (Å²) in [4.78, 5) is 13.1. The lowest BCUT2D eigenvalue weighted by molar-refractivity contribution is -0.137. The van der Waals surface area contributed by atoms with Gasteiger partial charge in [0.25, 0.3) is 0 Å². The van der Waals surface area contributed by atoms with E-state index in [1.807, 2.05) is 12.1 Å². The Morgan fingerprint density at radius 3 is 3.05 bits per heavy atom. The van der Waals surface area contributed by atoms with Gasteiger partial charge in [0.15, 0.2) is 0 Å². The van der Waals surface area contributed by atoms with Crippen LogP contribution in [0.1, 0.15) is 31.2 Å². The SMILES string of the molecule is COc1ccc(Br)cc1CN1CCCC(CCC(=O)O)C1. The molecule has 4 nitrogen and oxygen atoms in total. The molecule has 21 heavy (non-hydrogen) atoms. The molecule has 1 aliphatic rings. The van der Waals surface area contributed by atoms with Crippen LogP contribution in [0.5, 0.6) is 5.75 Å². The van der Waals surface area contributed by atoms with Crippen molar-refractivity contribution in [2.24, 2.45) is 5.92 Å². The van der Waals surface area contributed by atoms with Gasteiger partial charge in [0, 0.05) is 29.5 Å². The highest BCUT2D eigenvalue weighted by molar-refractivity contribution is 9.10. The molecule has 0 amide bonds. The lowest BCUT2D eigenvalue weighted by Gasteiger charge is -2.33. The summed E-state index contributed by atoms with van der Waals surface area (Å²) in [6.45, 7) is 2.90. The zero-order valence-electron chi connectivity index (χ0n) is 12.3. The molecule has 1 saturated heterocycles. The summed E-state index contributed by atoms with van der Waals surface area (Å²) in [6, 6.07) is 6.05. The Morgan fingerprint density at radius 1 is 1.52 bits per heavy atom. The molecule has 1 aliphatic heterocycles. The van der Waals surface area contributed by atoms with E-state index in [0.717, 1.165) is 49.1 Å². The second-order valence-electron chi connectivity index (χ2n) is 5.63. The van der Waals surface area contributed by atoms with Crippen molar-refractivity contribution in [3.05, 3.63) is 28.2 Å². The largest absolute Gasteiger partial charge is 0.496 e. The quantitative estimate of drug-likeness (QED) is 0.847. The molecule has 0 radical (unpaired) electrons. The molecule has 1 aromatic carbocycles. The topological polar surface area (TPSA) is 49.8 Å². The summed E-state index contributed by atoms with van der Waals surface area (Å²) in [5.41, 5.74) is 1.17. The molecule has 5 heteroatoms. The third-order valence-corrected chi connectivity index (χ3v) is 4.50. The Bertz CT molecular complexity index is 492. The fourth-order valence-corrected chi connectivity index (χ4v) is 3.38. The molecule has 1 atom stereocenters. The number of carboxylic acids is 1. The minimum atomic E-state index is -0.694. The third-order valence-electron chi connectivity index (χ3n) is 4.01. The molecule has 1 unspecified atom stereocenters. The number of ether oxygens (including phenoxy) is 1. The van der Waals surface area contributed by atoms with E-state index >= 15 is 0 Å². The molecule has 0 spiro atoms. The van der Waals surface area contributed by atoms with Gasteiger partial charge in [-0.1, -0.05) is 15.9 Å². The van der Waals surface area contributed by atoms with Gasteiger partial charge >= 0.3 is 5.97 Å². The summed E-state index contributed by atoms with van der Waals surface area (Å²) < 4.78 is 6.48. The number of methoxy groups -OCH3 is 1. The molecule has 1 aromatic rings. The number of halogens is 1. The van der Waals surface area contributed by atoms with E-state index in [-0.39, 0.29) is 6.42 Å². The van der Waals surface area contributed by atoms with Crippen molar-refractivity contribution in [1.82, 2.24) is 4.90 Å². The third kappa shape index (κ3) is 5.00. The van der Waals surface area contributed by atoms with Crippen LogP contribution < -0.4 is 4.74 Å². The molecule has 1 N–H and O–H groups in total. The Kier molecular flexibility index (Phi) is 6.06. The van der Waals surface area contributed by atoms with Crippen LogP contribution in [0, 0.1) is 5.92 Å². The normalized spacial score (nSPS) is 19.4. The lowest BCUT2D eigenvalue weighted by Crippen LogP contribution is -2.35. The second kappa shape index (κ2) is 7.80. The molecular formula is C16H22BrNO3. The van der Waals surface area contributed by atoms with Gasteiger partial charge in [-0.05, 0) is 49.9 Å². The first-order chi connectivity index (χ1) is 10.1. The van der Waals surface area contributed by atoms with Gasteiger partial charge in [-0.2, -0.15) is 0 Å². The van der Waals surface area contributed by atoms with E-state index in [2.05, 4.69) is 26.9 Å². The number of carbonyl (C=O) groups is 1. The maximum atomic E-state index is 10.7. The first kappa shape index (κ1) is 16.3. The van der Waals surface area contributed by atoms with Crippen LogP contribution in [0.3, 0.4) is 0 Å². The number of carboxylic acid groups (broad SMARTS) is 1. The predicted octanol–water partition coefficient (Wildman–Crippen LogP) is 3.53. The highest BCUT2D eigenvalue weighted by Crippen LogP contribution is 2.27. The second-order valence-corrected chi connectivity index (χ2v) is 6.55. The molecule has 2 rings (SSSR count). The average Bonchev–Trinajstić information content (AvgIpc) is 2.46. The van der Waals surface area contributed by atoms with Crippen LogP contribution >= 0.6 is 15.9 Å². The molecule has 116 valence electrons. The highest BCUT2D eigenvalue weighted by atomic mass is 79.9. The van der Waals surface area contributed by atoms with Gasteiger partial charge in [-0.3, -0.25) is 9.69 Å². The number of nitrogens with zero attached hydrogens (tertiary/aromatic N) is 1. The molecule has 0 bridgehead atoms. The van der Waals surface area contributed by atoms with Gasteiger partial charge in [0.1, 0.15) is 5.75 Å². The standard InChI is InChI=1S/C16H22BrNO3/c1-21-15-6-5-14(17)9-13(15)11-18-8-2-3-12(10-18)4-7-16(19)20/h5-6,9,12H,2-4,7-8,10-11H2,1H3,(H,19,20). The van der Waals surface area contributed by atoms with E-state index in [0.29, 0.717) is 5.92 Å². The van der Waals surface area contributed by atoms with Crippen molar-refractivity contribution in [2.75, 3.05) is 20.2 Å². The van der Waals surface area contributed by atoms with Gasteiger partial charge in [0.05, 0.1) is 7.11 Å². The first-order valence-electron chi connectivity index (χ1n) is 7.35. The lowest BCUT2D eigenvalue weighted by atomic mass is 9.93. The summed E-state index contributed by atoms with van der Waals surface area (Å²) in [7, 11) is 1.69. The number of hydrogen-bond donors (Lipinski definition) is 1. The molecular weight excluding hydrogens is 334 g/mol. The summed E-state index contributed by atoms with van der Waals surface area (Å²) >= 11 is 3.50. The minimum absolute atomic E-state index is 0.277. The van der Waals surface area contributed by atoms with Gasteiger partial charge in [-0.25, -0.2) is 0 Å². The summed E-state index contributed by atoms with van der Waals surface area (Å²) in [5.74, 6) is 0.708. The van der Waals surface area contributed by atoms with E-state index in [1.54, 1.807) is 7.11 Å². The Hall–Kier alpha value is -1.07. The first-order valence-corrected chi connectivity index (χ1v) is 8.14. The average molecular weight is 356 g/mol. The van der Waals surface area contributed by atoms with E-state index < -0.39 is 5.97 Å². The highest BCUT2D eigenvalue weighted by Gasteiger charge is 2.21. The Labute approximate surface area is 134 Å². The van der Waals surface area contributed by atoms with E-state index in [4.69, 9.17) is 9.84 Å². The number of piperidine rings is 1. The monoisotopic (exact) mass is 355 g/mol. The predicted molar refractivity (Wildman–Crippen MR) is 85.6 cm³/mol. The number of rotatable bonds is 6. The zero-order chi connectivity index (χ0) is 15.2. The van der Waals surface area contributed by atoms with Crippen LogP contribution in [0.2, 0.25) is 0 Å². The smallest absolute Gasteiger partial charge is 0.303 e. The molecule has 1 fully saturated rings. The van der Waals surface area contributed by atoms with Gasteiger partial charge < -0.3 is 9.84 Å². The molecule has 0 aromatic heterocycles. The number of benzene rings is 1. The van der Waals surface area contributed by atoms with E-state index in [9.17, 15) is 4.79 Å². The minimum Gasteiger partial charge on any atom is -0.496 e. The fraction of sp³-hybridized carbons (Fsp3) is 0.562. The molecule has 0 saturated carbocycles. The van der Waals surface area contributed by atoms with Gasteiger partial charge in [0.2, 0.25) is 0 Å². The fourth-order valence-electron chi connectivity index (χ4n) is 2.97. The zero-order valence-corrected chi connectivity index (χ0v) is 13.9. The van der Waals surface area contributed by atoms with Crippen molar-refractivity contribution in [1.29, 1.82) is 0 Å². The van der Waals surface area contributed by atoms with Crippen molar-refractivity contribution in [3.8, 4) is 5.75 Å². The summed E-state index contributed by atoms with van der Waals surface area (Å²) in [6.07, 6.45) is 3.33. The van der Waals surface area contributed by atoms with Crippen molar-refractivity contribution < 1.29 is 14.6 Å². The Balaban J connectivity index is 1.96. The van der Waals surface area contributed by atoms with Crippen molar-refractivity contribution in [3.63, 3.8) is 0 Å². The van der Waals surface area contributed by atoms with Crippen LogP contribution in [0.15, 0.2) is 22.7 Å². The van der Waals surface area contributed by atoms with Crippen LogP contribution in [0.4, 0.5) is 0 Å². The number of likely N-dealkylation sites (tertiary alicyclic amines) is 1. The maximum Gasteiger partial charge on any atom is 0.303 e. The van der Waals surface area contributed by atoms with Gasteiger partial charge in [-0.15, -0.1) is 0 Å².